The van der Waals surface area contributed by atoms with E-state index in [4.69, 9.17) is 22.1 Å². The first-order valence-electron chi connectivity index (χ1n) is 3.72. The van der Waals surface area contributed by atoms with Crippen molar-refractivity contribution in [2.75, 3.05) is 7.11 Å². The number of ether oxygens (including phenoxy) is 1. The van der Waals surface area contributed by atoms with Gasteiger partial charge in [0.1, 0.15) is 5.15 Å². The number of aromatic nitrogens is 1. The Hall–Kier alpha value is -0.510. The minimum absolute atomic E-state index is 0.500. The fraction of sp³-hybridized carbons (Fsp3) is 0.500. The molecular weight excluding hydrogens is 176 g/mol. The fourth-order valence-corrected chi connectivity index (χ4v) is 1.37. The van der Waals surface area contributed by atoms with E-state index in [-0.39, 0.29) is 0 Å². The molecule has 0 aromatic carbocycles. The molecule has 0 saturated carbocycles. The molecule has 3 nitrogen and oxygen atoms in total. The average molecular weight is 189 g/mol. The number of rotatable bonds is 3. The summed E-state index contributed by atoms with van der Waals surface area (Å²) in [7, 11) is 3.54. The number of nitrogens with zero attached hydrogens (tertiary/aromatic N) is 1. The van der Waals surface area contributed by atoms with Crippen molar-refractivity contribution >= 4 is 11.6 Å². The van der Waals surface area contributed by atoms with Gasteiger partial charge in [0, 0.05) is 32.0 Å². The van der Waals surface area contributed by atoms with Crippen LogP contribution >= 0.6 is 11.6 Å². The third-order valence-electron chi connectivity index (χ3n) is 1.84. The molecule has 0 spiro atoms. The molecule has 1 aromatic heterocycles. The Morgan fingerprint density at radius 1 is 1.67 bits per heavy atom. The van der Waals surface area contributed by atoms with E-state index in [2.05, 4.69) is 0 Å². The van der Waals surface area contributed by atoms with Crippen molar-refractivity contribution in [3.63, 3.8) is 0 Å². The zero-order valence-electron chi connectivity index (χ0n) is 7.30. The predicted molar refractivity (Wildman–Crippen MR) is 49.0 cm³/mol. The van der Waals surface area contributed by atoms with Crippen LogP contribution in [0.4, 0.5) is 0 Å². The monoisotopic (exact) mass is 188 g/mol. The molecule has 0 atom stereocenters. The predicted octanol–water partition coefficient (Wildman–Crippen LogP) is 1.28. The summed E-state index contributed by atoms with van der Waals surface area (Å²) < 4.78 is 6.85. The summed E-state index contributed by atoms with van der Waals surface area (Å²) in [6.07, 6.45) is 0. The van der Waals surface area contributed by atoms with Crippen LogP contribution in [0.25, 0.3) is 0 Å². The lowest BCUT2D eigenvalue weighted by atomic mass is 10.3. The van der Waals surface area contributed by atoms with Crippen LogP contribution in [0, 0.1) is 0 Å². The Kier molecular flexibility index (Phi) is 3.14. The first-order valence-corrected chi connectivity index (χ1v) is 4.10. The molecule has 0 aliphatic heterocycles. The van der Waals surface area contributed by atoms with Crippen molar-refractivity contribution in [1.82, 2.24) is 4.57 Å². The summed E-state index contributed by atoms with van der Waals surface area (Å²) in [4.78, 5) is 0. The molecule has 2 N–H and O–H groups in total. The van der Waals surface area contributed by atoms with Crippen molar-refractivity contribution in [2.24, 2.45) is 12.8 Å². The molecule has 1 rings (SSSR count). The van der Waals surface area contributed by atoms with Gasteiger partial charge in [-0.25, -0.2) is 0 Å². The largest absolute Gasteiger partial charge is 0.380 e. The number of hydrogen-bond donors (Lipinski definition) is 1. The summed E-state index contributed by atoms with van der Waals surface area (Å²) in [6, 6.07) is 1.96. The van der Waals surface area contributed by atoms with E-state index in [1.165, 1.54) is 0 Å². The zero-order chi connectivity index (χ0) is 9.14. The van der Waals surface area contributed by atoms with E-state index in [9.17, 15) is 0 Å². The van der Waals surface area contributed by atoms with Crippen molar-refractivity contribution in [3.05, 3.63) is 22.5 Å². The molecule has 1 aromatic rings. The lowest BCUT2D eigenvalue weighted by Crippen LogP contribution is -2.02. The third kappa shape index (κ3) is 1.63. The van der Waals surface area contributed by atoms with Crippen LogP contribution in [-0.2, 0) is 24.9 Å². The zero-order valence-corrected chi connectivity index (χ0v) is 8.06. The van der Waals surface area contributed by atoms with Gasteiger partial charge in [-0.1, -0.05) is 11.6 Å². The van der Waals surface area contributed by atoms with Crippen molar-refractivity contribution in [3.8, 4) is 0 Å². The van der Waals surface area contributed by atoms with Crippen LogP contribution in [0.1, 0.15) is 11.3 Å². The highest BCUT2D eigenvalue weighted by Gasteiger charge is 2.08. The lowest BCUT2D eigenvalue weighted by Gasteiger charge is -1.99. The van der Waals surface area contributed by atoms with E-state index in [0.717, 1.165) is 11.3 Å². The van der Waals surface area contributed by atoms with Gasteiger partial charge in [0.05, 0.1) is 6.61 Å². The second kappa shape index (κ2) is 3.94. The van der Waals surface area contributed by atoms with E-state index in [1.807, 2.05) is 17.7 Å². The second-order valence-corrected chi connectivity index (χ2v) is 3.01. The number of hydrogen-bond acceptors (Lipinski definition) is 2. The van der Waals surface area contributed by atoms with Gasteiger partial charge >= 0.3 is 0 Å². The Bertz CT molecular complexity index is 270. The topological polar surface area (TPSA) is 40.2 Å². The number of nitrogens with two attached hydrogens (primary N) is 1. The highest BCUT2D eigenvalue weighted by atomic mass is 35.5. The van der Waals surface area contributed by atoms with Gasteiger partial charge in [-0.15, -0.1) is 0 Å². The maximum atomic E-state index is 6.00. The van der Waals surface area contributed by atoms with Crippen LogP contribution in [0.5, 0.6) is 0 Å². The van der Waals surface area contributed by atoms with Crippen molar-refractivity contribution < 1.29 is 4.74 Å². The minimum atomic E-state index is 0.500. The van der Waals surface area contributed by atoms with Gasteiger partial charge in [0.15, 0.2) is 0 Å². The Morgan fingerprint density at radius 2 is 2.33 bits per heavy atom. The summed E-state index contributed by atoms with van der Waals surface area (Å²) in [6.45, 7) is 1.03. The van der Waals surface area contributed by atoms with E-state index < -0.39 is 0 Å². The standard InChI is InChI=1S/C8H13ClN2O/c1-11-7(4-10)3-6(5-12-2)8(11)9/h3H,4-5,10H2,1-2H3. The SMILES string of the molecule is COCc1cc(CN)n(C)c1Cl. The van der Waals surface area contributed by atoms with Gasteiger partial charge in [-0.3, -0.25) is 0 Å². The highest BCUT2D eigenvalue weighted by molar-refractivity contribution is 6.30. The maximum absolute atomic E-state index is 6.00. The lowest BCUT2D eigenvalue weighted by molar-refractivity contribution is 0.185. The molecule has 68 valence electrons. The molecular formula is C8H13ClN2O. The van der Waals surface area contributed by atoms with E-state index >= 15 is 0 Å². The fourth-order valence-electron chi connectivity index (χ4n) is 1.15. The molecule has 0 saturated heterocycles. The molecule has 0 amide bonds. The summed E-state index contributed by atoms with van der Waals surface area (Å²) in [5, 5.41) is 0.706. The van der Waals surface area contributed by atoms with Gasteiger partial charge in [-0.05, 0) is 6.07 Å². The molecule has 0 radical (unpaired) electrons. The summed E-state index contributed by atoms with van der Waals surface area (Å²) in [5.74, 6) is 0. The van der Waals surface area contributed by atoms with Crippen LogP contribution in [0.3, 0.4) is 0 Å². The molecule has 12 heavy (non-hydrogen) atoms. The Morgan fingerprint density at radius 3 is 2.75 bits per heavy atom. The molecule has 0 aliphatic rings. The van der Waals surface area contributed by atoms with Gasteiger partial charge in [-0.2, -0.15) is 0 Å². The molecule has 1 heterocycles. The van der Waals surface area contributed by atoms with Gasteiger partial charge in [0.2, 0.25) is 0 Å². The van der Waals surface area contributed by atoms with Crippen LogP contribution < -0.4 is 5.73 Å². The molecule has 0 aliphatic carbocycles. The van der Waals surface area contributed by atoms with Gasteiger partial charge in [0.25, 0.3) is 0 Å². The quantitative estimate of drug-likeness (QED) is 0.777. The number of halogens is 1. The van der Waals surface area contributed by atoms with Crippen LogP contribution in [-0.4, -0.2) is 11.7 Å². The molecule has 0 bridgehead atoms. The minimum Gasteiger partial charge on any atom is -0.380 e. The molecule has 0 unspecified atom stereocenters. The van der Waals surface area contributed by atoms with Gasteiger partial charge < -0.3 is 15.0 Å². The smallest absolute Gasteiger partial charge is 0.114 e. The second-order valence-electron chi connectivity index (χ2n) is 2.65. The van der Waals surface area contributed by atoms with Crippen molar-refractivity contribution in [1.29, 1.82) is 0 Å². The number of methoxy groups -OCH3 is 1. The normalized spacial score (nSPS) is 10.7. The first kappa shape index (κ1) is 9.58. The Labute approximate surface area is 77.1 Å². The maximum Gasteiger partial charge on any atom is 0.114 e. The molecule has 0 fully saturated rings. The van der Waals surface area contributed by atoms with Crippen molar-refractivity contribution in [2.45, 2.75) is 13.2 Å². The van der Waals surface area contributed by atoms with Crippen LogP contribution in [0.15, 0.2) is 6.07 Å². The summed E-state index contributed by atoms with van der Waals surface area (Å²) >= 11 is 6.00. The average Bonchev–Trinajstić information content (AvgIpc) is 2.33. The highest BCUT2D eigenvalue weighted by Crippen LogP contribution is 2.20. The van der Waals surface area contributed by atoms with E-state index in [0.29, 0.717) is 18.3 Å². The van der Waals surface area contributed by atoms with Crippen LogP contribution in [0.2, 0.25) is 5.15 Å². The molecule has 4 heteroatoms. The first-order chi connectivity index (χ1) is 5.70. The third-order valence-corrected chi connectivity index (χ3v) is 2.34. The summed E-state index contributed by atoms with van der Waals surface area (Å²) in [5.41, 5.74) is 7.52. The van der Waals surface area contributed by atoms with E-state index in [1.54, 1.807) is 7.11 Å². The Balaban J connectivity index is 2.98.